The Morgan fingerprint density at radius 3 is 2.44 bits per heavy atom. The highest BCUT2D eigenvalue weighted by molar-refractivity contribution is 7.89. The lowest BCUT2D eigenvalue weighted by Crippen LogP contribution is -2.71. The van der Waals surface area contributed by atoms with Gasteiger partial charge in [0.25, 0.3) is 0 Å². The molecule has 0 atom stereocenters. The van der Waals surface area contributed by atoms with Crippen molar-refractivity contribution < 1.29 is 18.0 Å². The van der Waals surface area contributed by atoms with E-state index in [1.807, 2.05) is 37.3 Å². The molecule has 0 radical (unpaired) electrons. The molecule has 2 amide bonds. The van der Waals surface area contributed by atoms with Crippen molar-refractivity contribution in [2.45, 2.75) is 17.4 Å². The van der Waals surface area contributed by atoms with Gasteiger partial charge < -0.3 is 16.4 Å². The molecule has 0 unspecified atom stereocenters. The van der Waals surface area contributed by atoms with Crippen LogP contribution in [0.4, 0.5) is 11.5 Å². The van der Waals surface area contributed by atoms with Crippen LogP contribution in [-0.4, -0.2) is 53.1 Å². The smallest absolute Gasteiger partial charge is 0.314 e. The molecule has 0 bridgehead atoms. The summed E-state index contributed by atoms with van der Waals surface area (Å²) >= 11 is 0. The van der Waals surface area contributed by atoms with Gasteiger partial charge in [0.15, 0.2) is 5.54 Å². The minimum Gasteiger partial charge on any atom is -0.398 e. The summed E-state index contributed by atoms with van der Waals surface area (Å²) in [4.78, 5) is 33.6. The fourth-order valence-corrected chi connectivity index (χ4v) is 6.04. The summed E-state index contributed by atoms with van der Waals surface area (Å²) in [6.45, 7) is 1.25. The molecule has 2 aromatic heterocycles. The number of aromatic nitrogens is 2. The highest BCUT2D eigenvalue weighted by atomic mass is 32.2. The number of pyridine rings is 2. The highest BCUT2D eigenvalue weighted by Crippen LogP contribution is 2.32. The normalized spacial score (nSPS) is 14.3. The Morgan fingerprint density at radius 1 is 1.05 bits per heavy atom. The average Bonchev–Trinajstić information content (AvgIpc) is 2.94. The summed E-state index contributed by atoms with van der Waals surface area (Å²) in [7, 11) is -3.97. The quantitative estimate of drug-likeness (QED) is 0.239. The van der Waals surface area contributed by atoms with E-state index in [2.05, 4.69) is 20.6 Å². The van der Waals surface area contributed by atoms with Crippen LogP contribution in [0.5, 0.6) is 0 Å². The first kappa shape index (κ1) is 27.2. The molecule has 1 aliphatic rings. The molecule has 204 valence electrons. The van der Waals surface area contributed by atoms with Gasteiger partial charge in [-0.3, -0.25) is 14.6 Å². The molecule has 3 heterocycles. The zero-order chi connectivity index (χ0) is 29.4. The van der Waals surface area contributed by atoms with Crippen LogP contribution in [0.2, 0.25) is 0 Å². The Balaban J connectivity index is 1.28. The van der Waals surface area contributed by atoms with Crippen LogP contribution in [0.3, 0.4) is 0 Å². The lowest BCUT2D eigenvalue weighted by atomic mass is 9.94. The molecule has 0 spiro atoms. The molecule has 1 saturated heterocycles. The van der Waals surface area contributed by atoms with E-state index in [0.717, 1.165) is 21.0 Å². The second-order valence-electron chi connectivity index (χ2n) is 9.56. The van der Waals surface area contributed by atoms with Crippen molar-refractivity contribution in [2.75, 3.05) is 24.1 Å². The maximum absolute atomic E-state index is 12.9. The van der Waals surface area contributed by atoms with Gasteiger partial charge in [0.05, 0.1) is 35.7 Å². The van der Waals surface area contributed by atoms with E-state index in [1.165, 1.54) is 30.5 Å². The zero-order valence-electron chi connectivity index (χ0n) is 21.6. The number of nitrogens with two attached hydrogens (primary N) is 1. The summed E-state index contributed by atoms with van der Waals surface area (Å²) in [6.07, 6.45) is 4.90. The number of nitriles is 2. The van der Waals surface area contributed by atoms with E-state index in [4.69, 9.17) is 11.0 Å². The van der Waals surface area contributed by atoms with E-state index in [0.29, 0.717) is 22.0 Å². The Bertz CT molecular complexity index is 1900. The van der Waals surface area contributed by atoms with E-state index in [1.54, 1.807) is 18.5 Å². The summed E-state index contributed by atoms with van der Waals surface area (Å²) in [5, 5.41) is 24.7. The number of aryl methyl sites for hydroxylation is 1. The van der Waals surface area contributed by atoms with Gasteiger partial charge in [-0.15, -0.1) is 0 Å². The van der Waals surface area contributed by atoms with Gasteiger partial charge in [-0.25, -0.2) is 13.4 Å². The van der Waals surface area contributed by atoms with Gasteiger partial charge in [0, 0.05) is 35.2 Å². The molecule has 41 heavy (non-hydrogen) atoms. The lowest BCUT2D eigenvalue weighted by Gasteiger charge is -2.44. The van der Waals surface area contributed by atoms with Gasteiger partial charge >= 0.3 is 11.8 Å². The predicted octanol–water partition coefficient (Wildman–Crippen LogP) is 2.08. The Morgan fingerprint density at radius 2 is 1.78 bits per heavy atom. The molecule has 13 heteroatoms. The molecule has 5 rings (SSSR count). The molecule has 4 N–H and O–H groups in total. The molecule has 1 fully saturated rings. The number of nitrogens with zero attached hydrogens (tertiary/aromatic N) is 5. The van der Waals surface area contributed by atoms with Crippen LogP contribution < -0.4 is 16.4 Å². The maximum Gasteiger partial charge on any atom is 0.314 e. The summed E-state index contributed by atoms with van der Waals surface area (Å²) in [5.41, 5.74) is 8.14. The van der Waals surface area contributed by atoms with Crippen molar-refractivity contribution in [3.05, 3.63) is 78.2 Å². The SMILES string of the molecule is Cc1ccncc1-c1cc(N)c2cnc(NC(=O)C(=O)NC3(C#N)CN(S(=O)(=O)c4ccc(C#N)cc4)C3)cc2c1. The summed E-state index contributed by atoms with van der Waals surface area (Å²) in [5.74, 6) is -2.11. The Kier molecular flexibility index (Phi) is 6.84. The summed E-state index contributed by atoms with van der Waals surface area (Å²) < 4.78 is 26.7. The zero-order valence-corrected chi connectivity index (χ0v) is 22.4. The van der Waals surface area contributed by atoms with Crippen molar-refractivity contribution in [2.24, 2.45) is 0 Å². The third kappa shape index (κ3) is 5.15. The minimum absolute atomic E-state index is 0.0584. The topological polar surface area (TPSA) is 195 Å². The van der Waals surface area contributed by atoms with Crippen LogP contribution in [0.25, 0.3) is 21.9 Å². The molecular weight excluding hydrogens is 544 g/mol. The number of benzene rings is 2. The van der Waals surface area contributed by atoms with E-state index in [9.17, 15) is 23.3 Å². The molecule has 12 nitrogen and oxygen atoms in total. The maximum atomic E-state index is 12.9. The van der Waals surface area contributed by atoms with Crippen molar-refractivity contribution in [1.29, 1.82) is 10.5 Å². The molecule has 1 aliphatic heterocycles. The number of carbonyl (C=O) groups is 2. The third-order valence-electron chi connectivity index (χ3n) is 6.75. The lowest BCUT2D eigenvalue weighted by molar-refractivity contribution is -0.137. The van der Waals surface area contributed by atoms with Crippen molar-refractivity contribution >= 4 is 44.1 Å². The largest absolute Gasteiger partial charge is 0.398 e. The second kappa shape index (κ2) is 10.3. The number of fused-ring (bicyclic) bond motifs is 1. The number of sulfonamides is 1. The van der Waals surface area contributed by atoms with Gasteiger partial charge in [0.2, 0.25) is 10.0 Å². The predicted molar refractivity (Wildman–Crippen MR) is 149 cm³/mol. The minimum atomic E-state index is -3.97. The van der Waals surface area contributed by atoms with Crippen LogP contribution in [0, 0.1) is 29.6 Å². The first-order chi connectivity index (χ1) is 19.5. The molecule has 2 aromatic carbocycles. The fraction of sp³-hybridized carbons (Fsp3) is 0.143. The number of rotatable bonds is 5. The van der Waals surface area contributed by atoms with Crippen LogP contribution >= 0.6 is 0 Å². The van der Waals surface area contributed by atoms with Gasteiger partial charge in [-0.1, -0.05) is 0 Å². The second-order valence-corrected chi connectivity index (χ2v) is 11.5. The van der Waals surface area contributed by atoms with E-state index in [-0.39, 0.29) is 23.8 Å². The molecule has 0 aliphatic carbocycles. The number of amides is 2. The van der Waals surface area contributed by atoms with Crippen molar-refractivity contribution in [3.63, 3.8) is 0 Å². The van der Waals surface area contributed by atoms with Gasteiger partial charge in [0.1, 0.15) is 5.82 Å². The number of nitrogens with one attached hydrogen (secondary N) is 2. The molecular formula is C28H22N8O4S. The van der Waals surface area contributed by atoms with E-state index < -0.39 is 27.4 Å². The monoisotopic (exact) mass is 566 g/mol. The first-order valence-corrected chi connectivity index (χ1v) is 13.6. The van der Waals surface area contributed by atoms with Crippen LogP contribution in [0.1, 0.15) is 11.1 Å². The standard InChI is InChI=1S/C28H22N8O4S/c1-17-6-7-32-12-22(17)19-8-20-10-25(33-13-23(20)24(31)9-19)34-26(37)27(38)35-28(14-30)15-36(16-28)41(39,40)21-4-2-18(11-29)3-5-21/h2-10,12-13H,15-16,31H2,1H3,(H,35,38)(H,33,34,37). The number of nitrogen functional groups attached to an aromatic ring is 1. The average molecular weight is 567 g/mol. The Labute approximate surface area is 235 Å². The fourth-order valence-electron chi connectivity index (χ4n) is 4.48. The summed E-state index contributed by atoms with van der Waals surface area (Å²) in [6, 6.07) is 16.2. The number of hydrogen-bond acceptors (Lipinski definition) is 9. The van der Waals surface area contributed by atoms with E-state index >= 15 is 0 Å². The number of carbonyl (C=O) groups excluding carboxylic acids is 2. The molecule has 0 saturated carbocycles. The molecule has 4 aromatic rings. The first-order valence-electron chi connectivity index (χ1n) is 12.2. The van der Waals surface area contributed by atoms with Crippen LogP contribution in [-0.2, 0) is 19.6 Å². The van der Waals surface area contributed by atoms with Gasteiger partial charge in [-0.05, 0) is 72.0 Å². The third-order valence-corrected chi connectivity index (χ3v) is 8.55. The van der Waals surface area contributed by atoms with Crippen LogP contribution in [0.15, 0.2) is 72.0 Å². The number of hydrogen-bond donors (Lipinski definition) is 3. The van der Waals surface area contributed by atoms with Crippen molar-refractivity contribution in [3.8, 4) is 23.3 Å². The number of anilines is 2. The Hall–Kier alpha value is -5.37. The highest BCUT2D eigenvalue weighted by Gasteiger charge is 2.50. The van der Waals surface area contributed by atoms with Gasteiger partial charge in [-0.2, -0.15) is 14.8 Å². The van der Waals surface area contributed by atoms with Crippen molar-refractivity contribution in [1.82, 2.24) is 19.6 Å².